The molecule has 3 rings (SSSR count). The van der Waals surface area contributed by atoms with Gasteiger partial charge in [-0.1, -0.05) is 5.16 Å². The third-order valence-corrected chi connectivity index (χ3v) is 3.37. The second kappa shape index (κ2) is 6.15. The number of ether oxygens (including phenoxy) is 1. The Kier molecular flexibility index (Phi) is 4.06. The molecule has 0 unspecified atom stereocenters. The molecule has 3 heterocycles. The van der Waals surface area contributed by atoms with E-state index in [0.29, 0.717) is 13.2 Å². The van der Waals surface area contributed by atoms with E-state index in [4.69, 9.17) is 9.26 Å². The van der Waals surface area contributed by atoms with Gasteiger partial charge >= 0.3 is 0 Å². The average molecular weight is 301 g/mol. The third-order valence-electron chi connectivity index (χ3n) is 3.37. The zero-order valence-corrected chi connectivity index (χ0v) is 13.0. The van der Waals surface area contributed by atoms with Crippen LogP contribution in [-0.2, 0) is 17.8 Å². The van der Waals surface area contributed by atoms with Crippen molar-refractivity contribution < 1.29 is 9.26 Å². The Bertz CT molecular complexity index is 777. The first-order chi connectivity index (χ1) is 10.7. The number of rotatable bonds is 6. The second-order valence-corrected chi connectivity index (χ2v) is 5.14. The molecule has 0 aliphatic rings. The molecule has 7 nitrogen and oxygen atoms in total. The Morgan fingerprint density at radius 3 is 2.91 bits per heavy atom. The molecule has 1 N–H and O–H groups in total. The maximum atomic E-state index is 5.16. The molecule has 22 heavy (non-hydrogen) atoms. The number of anilines is 1. The SMILES string of the molecule is COCCn1ccc2nc(C)nc(NCc3cc(C)on3)c21. The predicted octanol–water partition coefficient (Wildman–Crippen LogP) is 2.29. The van der Waals surface area contributed by atoms with Crippen molar-refractivity contribution in [1.29, 1.82) is 0 Å². The van der Waals surface area contributed by atoms with Crippen molar-refractivity contribution in [2.75, 3.05) is 19.0 Å². The first-order valence-corrected chi connectivity index (χ1v) is 7.16. The van der Waals surface area contributed by atoms with Crippen LogP contribution in [0.15, 0.2) is 22.9 Å². The molecule has 0 saturated heterocycles. The van der Waals surface area contributed by atoms with Gasteiger partial charge in [0, 0.05) is 25.9 Å². The number of fused-ring (bicyclic) bond motifs is 1. The number of hydrogen-bond acceptors (Lipinski definition) is 6. The fraction of sp³-hybridized carbons (Fsp3) is 0.400. The van der Waals surface area contributed by atoms with Crippen LogP contribution in [-0.4, -0.2) is 33.4 Å². The minimum Gasteiger partial charge on any atom is -0.383 e. The van der Waals surface area contributed by atoms with E-state index >= 15 is 0 Å². The normalized spacial score (nSPS) is 11.2. The number of aryl methyl sites for hydroxylation is 2. The van der Waals surface area contributed by atoms with E-state index in [-0.39, 0.29) is 0 Å². The first-order valence-electron chi connectivity index (χ1n) is 7.16. The van der Waals surface area contributed by atoms with Gasteiger partial charge in [-0.05, 0) is 19.9 Å². The zero-order chi connectivity index (χ0) is 15.5. The van der Waals surface area contributed by atoms with Gasteiger partial charge in [0.2, 0.25) is 0 Å². The maximum Gasteiger partial charge on any atom is 0.154 e. The van der Waals surface area contributed by atoms with Crippen LogP contribution in [0.3, 0.4) is 0 Å². The summed E-state index contributed by atoms with van der Waals surface area (Å²) < 4.78 is 12.3. The van der Waals surface area contributed by atoms with Gasteiger partial charge in [0.1, 0.15) is 22.8 Å². The van der Waals surface area contributed by atoms with Crippen LogP contribution in [0, 0.1) is 13.8 Å². The van der Waals surface area contributed by atoms with Crippen molar-refractivity contribution in [2.24, 2.45) is 0 Å². The fourth-order valence-electron chi connectivity index (χ4n) is 2.40. The number of methoxy groups -OCH3 is 1. The van der Waals surface area contributed by atoms with Gasteiger partial charge in [-0.25, -0.2) is 9.97 Å². The number of aromatic nitrogens is 4. The van der Waals surface area contributed by atoms with Crippen LogP contribution in [0.4, 0.5) is 5.82 Å². The molecule has 0 fully saturated rings. The molecule has 0 atom stereocenters. The van der Waals surface area contributed by atoms with Gasteiger partial charge < -0.3 is 19.1 Å². The highest BCUT2D eigenvalue weighted by Crippen LogP contribution is 2.22. The number of nitrogens with one attached hydrogen (secondary N) is 1. The Hall–Kier alpha value is -2.41. The standard InChI is InChI=1S/C15H19N5O2/c1-10-8-12(19-22-10)9-16-15-14-13(17-11(2)18-15)4-5-20(14)6-7-21-3/h4-5,8H,6-7,9H2,1-3H3,(H,16,17,18). The fourth-order valence-corrected chi connectivity index (χ4v) is 2.40. The molecular formula is C15H19N5O2. The summed E-state index contributed by atoms with van der Waals surface area (Å²) in [7, 11) is 1.69. The van der Waals surface area contributed by atoms with Gasteiger partial charge in [-0.2, -0.15) is 0 Å². The lowest BCUT2D eigenvalue weighted by atomic mass is 10.3. The van der Waals surface area contributed by atoms with E-state index in [0.717, 1.165) is 40.7 Å². The number of hydrogen-bond donors (Lipinski definition) is 1. The predicted molar refractivity (Wildman–Crippen MR) is 82.7 cm³/mol. The summed E-state index contributed by atoms with van der Waals surface area (Å²) in [5.41, 5.74) is 2.74. The van der Waals surface area contributed by atoms with Gasteiger partial charge in [0.25, 0.3) is 0 Å². The van der Waals surface area contributed by atoms with Crippen molar-refractivity contribution in [2.45, 2.75) is 26.9 Å². The molecule has 0 bridgehead atoms. The maximum absolute atomic E-state index is 5.16. The van der Waals surface area contributed by atoms with Crippen molar-refractivity contribution >= 4 is 16.9 Å². The van der Waals surface area contributed by atoms with Crippen LogP contribution in [0.1, 0.15) is 17.3 Å². The molecule has 0 amide bonds. The zero-order valence-electron chi connectivity index (χ0n) is 13.0. The molecule has 7 heteroatoms. The summed E-state index contributed by atoms with van der Waals surface area (Å²) in [6, 6.07) is 3.90. The highest BCUT2D eigenvalue weighted by atomic mass is 16.5. The molecular weight excluding hydrogens is 282 g/mol. The Morgan fingerprint density at radius 2 is 2.18 bits per heavy atom. The largest absolute Gasteiger partial charge is 0.383 e. The quantitative estimate of drug-likeness (QED) is 0.752. The second-order valence-electron chi connectivity index (χ2n) is 5.14. The highest BCUT2D eigenvalue weighted by Gasteiger charge is 2.11. The van der Waals surface area contributed by atoms with Crippen molar-refractivity contribution in [3.8, 4) is 0 Å². The van der Waals surface area contributed by atoms with Crippen LogP contribution < -0.4 is 5.32 Å². The van der Waals surface area contributed by atoms with Gasteiger partial charge in [0.05, 0.1) is 18.7 Å². The minimum atomic E-state index is 0.554. The van der Waals surface area contributed by atoms with Crippen LogP contribution in [0.2, 0.25) is 0 Å². The van der Waals surface area contributed by atoms with E-state index in [1.165, 1.54) is 0 Å². The molecule has 0 aromatic carbocycles. The minimum absolute atomic E-state index is 0.554. The van der Waals surface area contributed by atoms with Crippen molar-refractivity contribution in [3.63, 3.8) is 0 Å². The molecule has 0 radical (unpaired) electrons. The van der Waals surface area contributed by atoms with Gasteiger partial charge in [0.15, 0.2) is 5.82 Å². The lowest BCUT2D eigenvalue weighted by molar-refractivity contribution is 0.188. The van der Waals surface area contributed by atoms with E-state index in [2.05, 4.69) is 25.0 Å². The smallest absolute Gasteiger partial charge is 0.154 e. The molecule has 3 aromatic rings. The topological polar surface area (TPSA) is 78.0 Å². The molecule has 0 aliphatic carbocycles. The summed E-state index contributed by atoms with van der Waals surface area (Å²) in [4.78, 5) is 9.00. The van der Waals surface area contributed by atoms with Crippen LogP contribution >= 0.6 is 0 Å². The van der Waals surface area contributed by atoms with Gasteiger partial charge in [-0.15, -0.1) is 0 Å². The molecule has 116 valence electrons. The van der Waals surface area contributed by atoms with E-state index in [9.17, 15) is 0 Å². The van der Waals surface area contributed by atoms with Gasteiger partial charge in [-0.3, -0.25) is 0 Å². The molecule has 3 aromatic heterocycles. The monoisotopic (exact) mass is 301 g/mol. The molecule has 0 spiro atoms. The van der Waals surface area contributed by atoms with Crippen LogP contribution in [0.25, 0.3) is 11.0 Å². The lowest BCUT2D eigenvalue weighted by Gasteiger charge is -2.10. The lowest BCUT2D eigenvalue weighted by Crippen LogP contribution is -2.08. The van der Waals surface area contributed by atoms with E-state index < -0.39 is 0 Å². The van der Waals surface area contributed by atoms with Crippen molar-refractivity contribution in [1.82, 2.24) is 19.7 Å². The van der Waals surface area contributed by atoms with Crippen LogP contribution in [0.5, 0.6) is 0 Å². The molecule has 0 saturated carbocycles. The Labute approximate surface area is 128 Å². The summed E-state index contributed by atoms with van der Waals surface area (Å²) in [5.74, 6) is 2.32. The summed E-state index contributed by atoms with van der Waals surface area (Å²) >= 11 is 0. The summed E-state index contributed by atoms with van der Waals surface area (Å²) in [5, 5.41) is 7.31. The van der Waals surface area contributed by atoms with E-state index in [1.807, 2.05) is 32.2 Å². The highest BCUT2D eigenvalue weighted by molar-refractivity contribution is 5.86. The summed E-state index contributed by atoms with van der Waals surface area (Å²) in [6.07, 6.45) is 2.00. The first kappa shape index (κ1) is 14.5. The summed E-state index contributed by atoms with van der Waals surface area (Å²) in [6.45, 7) is 5.71. The Morgan fingerprint density at radius 1 is 1.32 bits per heavy atom. The van der Waals surface area contributed by atoms with Crippen molar-refractivity contribution in [3.05, 3.63) is 35.6 Å². The van der Waals surface area contributed by atoms with E-state index in [1.54, 1.807) is 7.11 Å². The molecule has 0 aliphatic heterocycles. The number of nitrogens with zero attached hydrogens (tertiary/aromatic N) is 4. The third kappa shape index (κ3) is 2.94. The Balaban J connectivity index is 1.90. The average Bonchev–Trinajstić information content (AvgIpc) is 3.08.